The number of H-pyrrole nitrogens is 1. The number of thiazole rings is 1. The molecule has 0 bridgehead atoms. The van der Waals surface area contributed by atoms with Gasteiger partial charge < -0.3 is 5.73 Å². The van der Waals surface area contributed by atoms with Crippen LogP contribution in [0.2, 0.25) is 0 Å². The standard InChI is InChI=1S/C9H10N6S/c1-5-11-8(14-13-5)7-3-15-6(2-10)4-16-9(15)12-7/h3-4H,2,10H2,1H3,(H,11,13,14). The second kappa shape index (κ2) is 3.39. The van der Waals surface area contributed by atoms with E-state index in [1.165, 1.54) is 0 Å². The van der Waals surface area contributed by atoms with Crippen LogP contribution in [0.1, 0.15) is 11.5 Å². The smallest absolute Gasteiger partial charge is 0.201 e. The second-order valence-electron chi connectivity index (χ2n) is 3.45. The van der Waals surface area contributed by atoms with Crippen LogP contribution in [0.5, 0.6) is 0 Å². The van der Waals surface area contributed by atoms with Crippen molar-refractivity contribution in [3.8, 4) is 11.5 Å². The Morgan fingerprint density at radius 1 is 1.50 bits per heavy atom. The zero-order valence-electron chi connectivity index (χ0n) is 8.64. The summed E-state index contributed by atoms with van der Waals surface area (Å²) in [6.07, 6.45) is 1.91. The van der Waals surface area contributed by atoms with E-state index in [1.807, 2.05) is 22.9 Å². The average Bonchev–Trinajstić information content (AvgIpc) is 2.90. The second-order valence-corrected chi connectivity index (χ2v) is 4.29. The first-order valence-corrected chi connectivity index (χ1v) is 5.71. The molecule has 3 heterocycles. The molecule has 3 N–H and O–H groups in total. The number of nitrogens with zero attached hydrogens (tertiary/aromatic N) is 4. The molecule has 7 heteroatoms. The number of nitrogens with one attached hydrogen (secondary N) is 1. The normalized spacial score (nSPS) is 11.4. The maximum absolute atomic E-state index is 5.63. The fourth-order valence-corrected chi connectivity index (χ4v) is 2.43. The maximum Gasteiger partial charge on any atom is 0.201 e. The minimum Gasteiger partial charge on any atom is -0.325 e. The molecule has 0 fully saturated rings. The third-order valence-corrected chi connectivity index (χ3v) is 3.21. The first-order valence-electron chi connectivity index (χ1n) is 4.83. The van der Waals surface area contributed by atoms with Gasteiger partial charge in [0, 0.05) is 23.8 Å². The third kappa shape index (κ3) is 1.33. The van der Waals surface area contributed by atoms with Gasteiger partial charge in [0.05, 0.1) is 0 Å². The number of aryl methyl sites for hydroxylation is 1. The lowest BCUT2D eigenvalue weighted by Crippen LogP contribution is -1.98. The minimum atomic E-state index is 0.503. The van der Waals surface area contributed by atoms with Gasteiger partial charge in [-0.2, -0.15) is 5.10 Å². The molecule has 6 nitrogen and oxygen atoms in total. The van der Waals surface area contributed by atoms with Gasteiger partial charge in [-0.1, -0.05) is 0 Å². The number of aromatic amines is 1. The van der Waals surface area contributed by atoms with E-state index >= 15 is 0 Å². The molecule has 0 atom stereocenters. The highest BCUT2D eigenvalue weighted by Gasteiger charge is 2.11. The first kappa shape index (κ1) is 9.49. The molecule has 0 radical (unpaired) electrons. The van der Waals surface area contributed by atoms with Gasteiger partial charge in [0.25, 0.3) is 0 Å². The summed E-state index contributed by atoms with van der Waals surface area (Å²) in [6.45, 7) is 2.36. The van der Waals surface area contributed by atoms with Gasteiger partial charge in [0.1, 0.15) is 11.5 Å². The van der Waals surface area contributed by atoms with E-state index in [0.717, 1.165) is 22.2 Å². The summed E-state index contributed by atoms with van der Waals surface area (Å²) in [7, 11) is 0. The highest BCUT2D eigenvalue weighted by molar-refractivity contribution is 7.15. The molecule has 16 heavy (non-hydrogen) atoms. The average molecular weight is 234 g/mol. The van der Waals surface area contributed by atoms with E-state index < -0.39 is 0 Å². The zero-order valence-corrected chi connectivity index (χ0v) is 9.45. The van der Waals surface area contributed by atoms with E-state index in [9.17, 15) is 0 Å². The largest absolute Gasteiger partial charge is 0.325 e. The Kier molecular flexibility index (Phi) is 2.01. The Balaban J connectivity index is 2.15. The van der Waals surface area contributed by atoms with Crippen LogP contribution in [-0.4, -0.2) is 24.6 Å². The lowest BCUT2D eigenvalue weighted by Gasteiger charge is -1.90. The Labute approximate surface area is 95.2 Å². The number of rotatable bonds is 2. The monoisotopic (exact) mass is 234 g/mol. The third-order valence-electron chi connectivity index (χ3n) is 2.32. The highest BCUT2D eigenvalue weighted by Crippen LogP contribution is 2.20. The summed E-state index contributed by atoms with van der Waals surface area (Å²) in [5, 5.41) is 8.89. The van der Waals surface area contributed by atoms with Crippen LogP contribution in [0.3, 0.4) is 0 Å². The highest BCUT2D eigenvalue weighted by atomic mass is 32.1. The molecule has 0 spiro atoms. The molecular weight excluding hydrogens is 224 g/mol. The summed E-state index contributed by atoms with van der Waals surface area (Å²) >= 11 is 1.57. The van der Waals surface area contributed by atoms with Crippen molar-refractivity contribution in [2.75, 3.05) is 0 Å². The fourth-order valence-electron chi connectivity index (χ4n) is 1.54. The van der Waals surface area contributed by atoms with Crippen LogP contribution in [0.4, 0.5) is 0 Å². The molecule has 0 aromatic carbocycles. The predicted molar refractivity (Wildman–Crippen MR) is 61.1 cm³/mol. The lowest BCUT2D eigenvalue weighted by molar-refractivity contribution is 0.965. The SMILES string of the molecule is Cc1nc(-c2cn3c(CN)csc3n2)n[nH]1. The van der Waals surface area contributed by atoms with Gasteiger partial charge in [-0.15, -0.1) is 11.3 Å². The van der Waals surface area contributed by atoms with E-state index in [1.54, 1.807) is 11.3 Å². The molecule has 0 saturated carbocycles. The van der Waals surface area contributed by atoms with Gasteiger partial charge in [0.15, 0.2) is 4.96 Å². The molecule has 82 valence electrons. The van der Waals surface area contributed by atoms with E-state index in [2.05, 4.69) is 20.2 Å². The Morgan fingerprint density at radius 3 is 3.06 bits per heavy atom. The van der Waals surface area contributed by atoms with Crippen LogP contribution in [0, 0.1) is 6.92 Å². The number of imidazole rings is 1. The molecule has 3 aromatic rings. The van der Waals surface area contributed by atoms with Gasteiger partial charge >= 0.3 is 0 Å². The Morgan fingerprint density at radius 2 is 2.38 bits per heavy atom. The summed E-state index contributed by atoms with van der Waals surface area (Å²) < 4.78 is 1.98. The molecular formula is C9H10N6S. The van der Waals surface area contributed by atoms with Crippen LogP contribution < -0.4 is 5.73 Å². The van der Waals surface area contributed by atoms with E-state index in [0.29, 0.717) is 12.4 Å². The van der Waals surface area contributed by atoms with E-state index in [4.69, 9.17) is 5.73 Å². The minimum absolute atomic E-state index is 0.503. The molecule has 0 amide bonds. The number of aromatic nitrogens is 5. The molecule has 3 aromatic heterocycles. The predicted octanol–water partition coefficient (Wildman–Crippen LogP) is 0.948. The molecule has 0 aliphatic rings. The number of hydrogen-bond donors (Lipinski definition) is 2. The van der Waals surface area contributed by atoms with Crippen LogP contribution in [0.25, 0.3) is 16.5 Å². The summed E-state index contributed by atoms with van der Waals surface area (Å²) in [4.78, 5) is 9.60. The molecule has 0 saturated heterocycles. The van der Waals surface area contributed by atoms with Crippen LogP contribution in [0.15, 0.2) is 11.6 Å². The van der Waals surface area contributed by atoms with E-state index in [-0.39, 0.29) is 0 Å². The summed E-state index contributed by atoms with van der Waals surface area (Å²) in [5.41, 5.74) is 7.45. The van der Waals surface area contributed by atoms with Crippen LogP contribution in [-0.2, 0) is 6.54 Å². The topological polar surface area (TPSA) is 84.9 Å². The van der Waals surface area contributed by atoms with Crippen molar-refractivity contribution in [2.24, 2.45) is 5.73 Å². The van der Waals surface area contributed by atoms with Crippen molar-refractivity contribution in [1.29, 1.82) is 0 Å². The quantitative estimate of drug-likeness (QED) is 0.691. The van der Waals surface area contributed by atoms with Gasteiger partial charge in [-0.25, -0.2) is 9.97 Å². The van der Waals surface area contributed by atoms with Gasteiger partial charge in [-0.05, 0) is 6.92 Å². The van der Waals surface area contributed by atoms with Crippen molar-refractivity contribution in [1.82, 2.24) is 24.6 Å². The van der Waals surface area contributed by atoms with Crippen molar-refractivity contribution in [2.45, 2.75) is 13.5 Å². The first-order chi connectivity index (χ1) is 7.78. The van der Waals surface area contributed by atoms with Crippen molar-refractivity contribution >= 4 is 16.3 Å². The Hall–Kier alpha value is -1.73. The van der Waals surface area contributed by atoms with Crippen LogP contribution >= 0.6 is 11.3 Å². The summed E-state index contributed by atoms with van der Waals surface area (Å²) in [6, 6.07) is 0. The number of fused-ring (bicyclic) bond motifs is 1. The number of nitrogens with two attached hydrogens (primary N) is 1. The van der Waals surface area contributed by atoms with Gasteiger partial charge in [-0.3, -0.25) is 9.50 Å². The van der Waals surface area contributed by atoms with Gasteiger partial charge in [0.2, 0.25) is 5.82 Å². The zero-order chi connectivity index (χ0) is 11.1. The number of hydrogen-bond acceptors (Lipinski definition) is 5. The maximum atomic E-state index is 5.63. The Bertz CT molecular complexity index is 633. The van der Waals surface area contributed by atoms with Crippen molar-refractivity contribution in [3.05, 3.63) is 23.1 Å². The fraction of sp³-hybridized carbons (Fsp3) is 0.222. The van der Waals surface area contributed by atoms with Crippen molar-refractivity contribution < 1.29 is 0 Å². The lowest BCUT2D eigenvalue weighted by atomic mass is 10.4. The molecule has 3 rings (SSSR count). The summed E-state index contributed by atoms with van der Waals surface area (Å²) in [5.74, 6) is 1.40. The van der Waals surface area contributed by atoms with Crippen molar-refractivity contribution in [3.63, 3.8) is 0 Å². The molecule has 0 aliphatic heterocycles. The molecule has 0 aliphatic carbocycles. The molecule has 0 unspecified atom stereocenters.